The summed E-state index contributed by atoms with van der Waals surface area (Å²) in [6, 6.07) is 2.01. The van der Waals surface area contributed by atoms with Gasteiger partial charge in [0.05, 0.1) is 0 Å². The minimum Gasteiger partial charge on any atom is -0.481 e. The number of aliphatic carboxylic acids is 1. The molecule has 2 aromatic heterocycles. The third-order valence-corrected chi connectivity index (χ3v) is 5.65. The van der Waals surface area contributed by atoms with E-state index in [4.69, 9.17) is 5.11 Å². The van der Waals surface area contributed by atoms with Crippen molar-refractivity contribution >= 4 is 34.6 Å². The average molecular weight is 350 g/mol. The largest absolute Gasteiger partial charge is 0.481 e. The molecule has 1 fully saturated rings. The van der Waals surface area contributed by atoms with Gasteiger partial charge in [-0.15, -0.1) is 11.3 Å². The Bertz CT molecular complexity index is 681. The maximum Gasteiger partial charge on any atom is 0.303 e. The lowest BCUT2D eigenvalue weighted by atomic mass is 9.97. The smallest absolute Gasteiger partial charge is 0.303 e. The molecule has 1 N–H and O–H groups in total. The number of carboxylic acid groups (broad SMARTS) is 1. The number of nitrogens with zero attached hydrogens (tertiary/aromatic N) is 2. The van der Waals surface area contributed by atoms with Gasteiger partial charge in [0.1, 0.15) is 10.7 Å². The first kappa shape index (κ1) is 16.1. The Kier molecular flexibility index (Phi) is 5.07. The van der Waals surface area contributed by atoms with Crippen LogP contribution in [0, 0.1) is 0 Å². The topological polar surface area (TPSA) is 70.5 Å². The Morgan fingerprint density at radius 3 is 2.96 bits per heavy atom. The summed E-state index contributed by atoms with van der Waals surface area (Å²) in [4.78, 5) is 29.9. The lowest BCUT2D eigenvalue weighted by Gasteiger charge is -2.35. The molecule has 1 aliphatic rings. The number of piperidine rings is 1. The monoisotopic (exact) mass is 350 g/mol. The van der Waals surface area contributed by atoms with Crippen LogP contribution in [0.2, 0.25) is 0 Å². The molecular weight excluding hydrogens is 332 g/mol. The fourth-order valence-electron chi connectivity index (χ4n) is 2.90. The van der Waals surface area contributed by atoms with Crippen LogP contribution in [0.1, 0.15) is 42.6 Å². The van der Waals surface area contributed by atoms with Gasteiger partial charge >= 0.3 is 5.97 Å². The number of thiophene rings is 1. The summed E-state index contributed by atoms with van der Waals surface area (Å²) in [5.41, 5.74) is 1.51. The highest BCUT2D eigenvalue weighted by molar-refractivity contribution is 7.14. The van der Waals surface area contributed by atoms with E-state index in [1.54, 1.807) is 16.7 Å². The normalized spacial score (nSPS) is 18.1. The van der Waals surface area contributed by atoms with Gasteiger partial charge in [-0.05, 0) is 37.1 Å². The fraction of sp³-hybridized carbons (Fsp3) is 0.438. The SMILES string of the molecule is O=C(O)CC[C@@H]1CCCCN1C(=O)c1csc(-c2ccsc2)n1. The molecule has 1 saturated heterocycles. The molecular formula is C16H18N2O3S2. The van der Waals surface area contributed by atoms with Crippen LogP contribution in [0.3, 0.4) is 0 Å². The van der Waals surface area contributed by atoms with Gasteiger partial charge in [-0.1, -0.05) is 0 Å². The maximum atomic E-state index is 12.8. The van der Waals surface area contributed by atoms with E-state index in [2.05, 4.69) is 4.98 Å². The number of hydrogen-bond donors (Lipinski definition) is 1. The number of amides is 1. The minimum absolute atomic E-state index is 0.0126. The first-order valence-corrected chi connectivity index (χ1v) is 9.48. The first-order chi connectivity index (χ1) is 11.1. The number of thiazole rings is 1. The van der Waals surface area contributed by atoms with Gasteiger partial charge < -0.3 is 10.0 Å². The molecule has 0 aliphatic carbocycles. The molecule has 3 heterocycles. The Labute approximate surface area is 142 Å². The minimum atomic E-state index is -0.809. The molecule has 0 saturated carbocycles. The zero-order valence-corrected chi connectivity index (χ0v) is 14.2. The van der Waals surface area contributed by atoms with Crippen LogP contribution in [0.25, 0.3) is 10.6 Å². The van der Waals surface area contributed by atoms with E-state index in [0.717, 1.165) is 29.8 Å². The number of likely N-dealkylation sites (tertiary alicyclic amines) is 1. The van der Waals surface area contributed by atoms with E-state index in [-0.39, 0.29) is 18.4 Å². The van der Waals surface area contributed by atoms with Crippen molar-refractivity contribution in [1.29, 1.82) is 0 Å². The summed E-state index contributed by atoms with van der Waals surface area (Å²) >= 11 is 3.08. The summed E-state index contributed by atoms with van der Waals surface area (Å²) < 4.78 is 0. The summed E-state index contributed by atoms with van der Waals surface area (Å²) in [5, 5.41) is 15.5. The van der Waals surface area contributed by atoms with Crippen molar-refractivity contribution in [2.75, 3.05) is 6.54 Å². The molecule has 0 spiro atoms. The van der Waals surface area contributed by atoms with E-state index in [0.29, 0.717) is 18.7 Å². The predicted molar refractivity (Wildman–Crippen MR) is 91.0 cm³/mol. The molecule has 1 amide bonds. The second kappa shape index (κ2) is 7.23. The van der Waals surface area contributed by atoms with Gasteiger partial charge in [-0.2, -0.15) is 11.3 Å². The summed E-state index contributed by atoms with van der Waals surface area (Å²) in [6.07, 6.45) is 3.51. The van der Waals surface area contributed by atoms with E-state index in [1.165, 1.54) is 11.3 Å². The number of hydrogen-bond acceptors (Lipinski definition) is 5. The predicted octanol–water partition coefficient (Wildman–Crippen LogP) is 3.73. The van der Waals surface area contributed by atoms with Gasteiger partial charge in [0.25, 0.3) is 5.91 Å². The van der Waals surface area contributed by atoms with Crippen molar-refractivity contribution in [3.05, 3.63) is 27.9 Å². The maximum absolute atomic E-state index is 12.8. The third kappa shape index (κ3) is 3.79. The summed E-state index contributed by atoms with van der Waals surface area (Å²) in [7, 11) is 0. The van der Waals surface area contributed by atoms with Crippen LogP contribution in [-0.2, 0) is 4.79 Å². The molecule has 1 aliphatic heterocycles. The number of carbonyl (C=O) groups excluding carboxylic acids is 1. The van der Waals surface area contributed by atoms with Crippen molar-refractivity contribution < 1.29 is 14.7 Å². The van der Waals surface area contributed by atoms with Gasteiger partial charge in [0, 0.05) is 35.3 Å². The lowest BCUT2D eigenvalue weighted by Crippen LogP contribution is -2.44. The third-order valence-electron chi connectivity index (χ3n) is 4.07. The Morgan fingerprint density at radius 2 is 2.22 bits per heavy atom. The van der Waals surface area contributed by atoms with E-state index < -0.39 is 5.97 Å². The van der Waals surface area contributed by atoms with Crippen molar-refractivity contribution in [2.24, 2.45) is 0 Å². The molecule has 0 bridgehead atoms. The van der Waals surface area contributed by atoms with Crippen LogP contribution in [0.15, 0.2) is 22.2 Å². The molecule has 0 radical (unpaired) electrons. The molecule has 7 heteroatoms. The molecule has 23 heavy (non-hydrogen) atoms. The van der Waals surface area contributed by atoms with E-state index in [9.17, 15) is 9.59 Å². The summed E-state index contributed by atoms with van der Waals surface area (Å²) in [6.45, 7) is 0.689. The van der Waals surface area contributed by atoms with E-state index in [1.807, 2.05) is 21.7 Å². The van der Waals surface area contributed by atoms with Gasteiger partial charge in [0.2, 0.25) is 0 Å². The first-order valence-electron chi connectivity index (χ1n) is 7.66. The standard InChI is InChI=1S/C16H18N2O3S2/c19-14(20)5-4-12-3-1-2-7-18(12)16(21)13-10-23-15(17-13)11-6-8-22-9-11/h6,8-10,12H,1-5,7H2,(H,19,20)/t12-/m0/s1. The highest BCUT2D eigenvalue weighted by atomic mass is 32.1. The van der Waals surface area contributed by atoms with Crippen LogP contribution in [-0.4, -0.2) is 39.5 Å². The Balaban J connectivity index is 1.73. The van der Waals surface area contributed by atoms with Crippen molar-refractivity contribution in [3.63, 3.8) is 0 Å². The molecule has 0 unspecified atom stereocenters. The van der Waals surface area contributed by atoms with Gasteiger partial charge in [-0.25, -0.2) is 4.98 Å². The fourth-order valence-corrected chi connectivity index (χ4v) is 4.40. The van der Waals surface area contributed by atoms with Crippen molar-refractivity contribution in [2.45, 2.75) is 38.1 Å². The van der Waals surface area contributed by atoms with Crippen molar-refractivity contribution in [3.8, 4) is 10.6 Å². The zero-order chi connectivity index (χ0) is 16.2. The number of rotatable bonds is 5. The molecule has 1 atom stereocenters. The summed E-state index contributed by atoms with van der Waals surface area (Å²) in [5.74, 6) is -0.880. The second-order valence-corrected chi connectivity index (χ2v) is 7.27. The van der Waals surface area contributed by atoms with Crippen molar-refractivity contribution in [1.82, 2.24) is 9.88 Å². The molecule has 0 aromatic carbocycles. The van der Waals surface area contributed by atoms with Crippen LogP contribution < -0.4 is 0 Å². The molecule has 3 rings (SSSR count). The molecule has 122 valence electrons. The van der Waals surface area contributed by atoms with Crippen LogP contribution >= 0.6 is 22.7 Å². The van der Waals surface area contributed by atoms with Crippen LogP contribution in [0.4, 0.5) is 0 Å². The number of carboxylic acids is 1. The average Bonchev–Trinajstić information content (AvgIpc) is 3.23. The Morgan fingerprint density at radius 1 is 1.35 bits per heavy atom. The lowest BCUT2D eigenvalue weighted by molar-refractivity contribution is -0.137. The highest BCUT2D eigenvalue weighted by Gasteiger charge is 2.29. The second-order valence-electron chi connectivity index (χ2n) is 5.63. The zero-order valence-electron chi connectivity index (χ0n) is 12.6. The number of carbonyl (C=O) groups is 2. The van der Waals surface area contributed by atoms with E-state index >= 15 is 0 Å². The molecule has 5 nitrogen and oxygen atoms in total. The quantitative estimate of drug-likeness (QED) is 0.892. The Hall–Kier alpha value is -1.73. The highest BCUT2D eigenvalue weighted by Crippen LogP contribution is 2.28. The number of aromatic nitrogens is 1. The van der Waals surface area contributed by atoms with Gasteiger partial charge in [-0.3, -0.25) is 9.59 Å². The molecule has 2 aromatic rings. The van der Waals surface area contributed by atoms with Crippen LogP contribution in [0.5, 0.6) is 0 Å². The van der Waals surface area contributed by atoms with Gasteiger partial charge in [0.15, 0.2) is 0 Å².